The summed E-state index contributed by atoms with van der Waals surface area (Å²) in [5.74, 6) is 1.58. The standard InChI is InChI=1S/C19H28BrN3O2.C7H10.2C2H2/c1-21-10-15-17(25-2)7-6-16(20)18(15)13-11-22-12-14(13)19(24)23-8-4-3-5-9-23;1-3-5-7-6-4-2;2*1-2/h6-7,13-14,21-22H,3-5,8-12H2,1-2H3;3-7H,1H2,2H3;2*1-2H/p+2/b;6-4-,7-5-;;/t13-,14?;;;/m1.../s1. The minimum Gasteiger partial charge on any atom is -0.496 e. The third kappa shape index (κ3) is 10.1. The number of hydrogen-bond acceptors (Lipinski definition) is 2. The normalized spacial score (nSPS) is 18.7. The number of methoxy groups -OCH3 is 1. The van der Waals surface area contributed by atoms with E-state index in [1.54, 1.807) is 13.2 Å². The number of allylic oxidation sites excluding steroid dienone is 5. The number of quaternary nitrogens is 2. The molecule has 0 radical (unpaired) electrons. The van der Waals surface area contributed by atoms with E-state index in [2.05, 4.69) is 76.8 Å². The predicted molar refractivity (Wildman–Crippen MR) is 154 cm³/mol. The van der Waals surface area contributed by atoms with E-state index < -0.39 is 0 Å². The monoisotopic (exact) mass is 557 g/mol. The Balaban J connectivity index is 0.000000952. The zero-order valence-corrected chi connectivity index (χ0v) is 23.8. The smallest absolute Gasteiger partial charge is 0.232 e. The van der Waals surface area contributed by atoms with Crippen LogP contribution in [-0.2, 0) is 11.3 Å². The lowest BCUT2D eigenvalue weighted by atomic mass is 9.84. The number of terminal acetylenes is 2. The molecule has 0 saturated carbocycles. The Morgan fingerprint density at radius 2 is 1.83 bits per heavy atom. The molecule has 1 aromatic rings. The van der Waals surface area contributed by atoms with Gasteiger partial charge in [0.25, 0.3) is 0 Å². The molecule has 2 aliphatic rings. The SMILES string of the molecule is C#C.C#C.C=C/C=C\C=C/C.C[NH2+]Cc1c(OC)ccc(Br)c1[C@@H]1C[NH2+]CC1C(=O)N1CCCCC1. The zero-order valence-electron chi connectivity index (χ0n) is 22.2. The van der Waals surface area contributed by atoms with E-state index in [1.165, 1.54) is 17.5 Å². The van der Waals surface area contributed by atoms with Gasteiger partial charge in [0, 0.05) is 17.6 Å². The Morgan fingerprint density at radius 1 is 1.17 bits per heavy atom. The summed E-state index contributed by atoms with van der Waals surface area (Å²) >= 11 is 3.75. The van der Waals surface area contributed by atoms with Crippen molar-refractivity contribution in [2.24, 2.45) is 5.92 Å². The van der Waals surface area contributed by atoms with Crippen LogP contribution >= 0.6 is 15.9 Å². The second kappa shape index (κ2) is 20.4. The highest BCUT2D eigenvalue weighted by Gasteiger charge is 2.42. The van der Waals surface area contributed by atoms with E-state index in [9.17, 15) is 4.79 Å². The topological polar surface area (TPSA) is 62.8 Å². The van der Waals surface area contributed by atoms with Gasteiger partial charge >= 0.3 is 0 Å². The van der Waals surface area contributed by atoms with Crippen LogP contribution in [-0.4, -0.2) is 51.1 Å². The van der Waals surface area contributed by atoms with Gasteiger partial charge in [0.1, 0.15) is 12.3 Å². The van der Waals surface area contributed by atoms with Gasteiger partial charge in [-0.15, -0.1) is 25.7 Å². The summed E-state index contributed by atoms with van der Waals surface area (Å²) in [5, 5.41) is 4.45. The summed E-state index contributed by atoms with van der Waals surface area (Å²) in [6.07, 6.45) is 29.0. The minimum absolute atomic E-state index is 0.0668. The molecule has 2 fully saturated rings. The quantitative estimate of drug-likeness (QED) is 0.399. The van der Waals surface area contributed by atoms with E-state index in [-0.39, 0.29) is 11.8 Å². The number of halogens is 1. The Kier molecular flexibility index (Phi) is 18.9. The number of rotatable bonds is 7. The second-order valence-corrected chi connectivity index (χ2v) is 9.11. The fourth-order valence-corrected chi connectivity index (χ4v) is 5.27. The third-order valence-corrected chi connectivity index (χ3v) is 6.81. The number of carbonyl (C=O) groups is 1. The Bertz CT molecular complexity index is 877. The van der Waals surface area contributed by atoms with Crippen LogP contribution in [0.1, 0.15) is 43.2 Å². The van der Waals surface area contributed by atoms with Crippen molar-refractivity contribution in [3.05, 3.63) is 64.7 Å². The van der Waals surface area contributed by atoms with Gasteiger partial charge in [-0.3, -0.25) is 4.79 Å². The van der Waals surface area contributed by atoms with E-state index >= 15 is 0 Å². The molecule has 5 nitrogen and oxygen atoms in total. The highest BCUT2D eigenvalue weighted by atomic mass is 79.9. The van der Waals surface area contributed by atoms with Crippen molar-refractivity contribution in [2.75, 3.05) is 40.3 Å². The fourth-order valence-electron chi connectivity index (χ4n) is 4.60. The van der Waals surface area contributed by atoms with E-state index in [0.29, 0.717) is 5.91 Å². The number of hydrogen-bond donors (Lipinski definition) is 2. The van der Waals surface area contributed by atoms with Crippen molar-refractivity contribution in [2.45, 2.75) is 38.6 Å². The largest absolute Gasteiger partial charge is 0.496 e. The second-order valence-electron chi connectivity index (χ2n) is 8.26. The molecule has 0 bridgehead atoms. The maximum absolute atomic E-state index is 13.2. The molecule has 2 heterocycles. The molecule has 196 valence electrons. The van der Waals surface area contributed by atoms with Crippen LogP contribution in [0.3, 0.4) is 0 Å². The molecule has 2 atom stereocenters. The van der Waals surface area contributed by atoms with Gasteiger partial charge < -0.3 is 20.3 Å². The lowest BCUT2D eigenvalue weighted by molar-refractivity contribution is -0.643. The van der Waals surface area contributed by atoms with Crippen LogP contribution in [0.15, 0.2) is 53.6 Å². The summed E-state index contributed by atoms with van der Waals surface area (Å²) in [6, 6.07) is 4.08. The minimum atomic E-state index is 0.0668. The molecule has 0 aliphatic carbocycles. The first-order valence-corrected chi connectivity index (χ1v) is 13.2. The summed E-state index contributed by atoms with van der Waals surface area (Å²) < 4.78 is 6.72. The van der Waals surface area contributed by atoms with E-state index in [0.717, 1.165) is 55.8 Å². The highest BCUT2D eigenvalue weighted by Crippen LogP contribution is 2.38. The van der Waals surface area contributed by atoms with Gasteiger partial charge in [-0.25, -0.2) is 0 Å². The van der Waals surface area contributed by atoms with E-state index in [1.807, 2.05) is 37.3 Å². The molecule has 0 aromatic heterocycles. The number of nitrogens with zero attached hydrogens (tertiary/aromatic N) is 1. The molecular weight excluding hydrogens is 514 g/mol. The molecule has 1 unspecified atom stereocenters. The molecule has 1 amide bonds. The fraction of sp³-hybridized carbons (Fsp3) is 0.433. The Morgan fingerprint density at radius 3 is 2.39 bits per heavy atom. The molecular formula is C30H44BrN3O2+2. The van der Waals surface area contributed by atoms with Gasteiger partial charge in [-0.2, -0.15) is 0 Å². The average molecular weight is 559 g/mol. The number of amides is 1. The Labute approximate surface area is 227 Å². The highest BCUT2D eigenvalue weighted by molar-refractivity contribution is 9.10. The number of carbonyl (C=O) groups excluding carboxylic acids is 1. The van der Waals surface area contributed by atoms with Gasteiger partial charge in [0.05, 0.1) is 44.6 Å². The van der Waals surface area contributed by atoms with Crippen molar-refractivity contribution in [1.29, 1.82) is 0 Å². The number of benzene rings is 1. The summed E-state index contributed by atoms with van der Waals surface area (Å²) in [7, 11) is 3.80. The third-order valence-electron chi connectivity index (χ3n) is 6.12. The number of likely N-dealkylation sites (tertiary alicyclic amines) is 1. The van der Waals surface area contributed by atoms with Crippen LogP contribution < -0.4 is 15.4 Å². The average Bonchev–Trinajstić information content (AvgIpc) is 3.41. The van der Waals surface area contributed by atoms with Crippen LogP contribution in [0.4, 0.5) is 0 Å². The zero-order chi connectivity index (χ0) is 27.3. The predicted octanol–water partition coefficient (Wildman–Crippen LogP) is 3.24. The van der Waals surface area contributed by atoms with Gasteiger partial charge in [0.2, 0.25) is 5.91 Å². The maximum Gasteiger partial charge on any atom is 0.232 e. The van der Waals surface area contributed by atoms with Crippen molar-refractivity contribution in [3.63, 3.8) is 0 Å². The summed E-state index contributed by atoms with van der Waals surface area (Å²) in [6.45, 7) is 10.1. The number of nitrogens with two attached hydrogens (primary N) is 2. The number of ether oxygens (including phenoxy) is 1. The molecule has 2 saturated heterocycles. The Hall–Kier alpha value is -2.77. The molecule has 1 aromatic carbocycles. The molecule has 4 N–H and O–H groups in total. The first-order chi connectivity index (χ1) is 17.6. The van der Waals surface area contributed by atoms with Gasteiger partial charge in [-0.05, 0) is 43.9 Å². The van der Waals surface area contributed by atoms with Gasteiger partial charge in [0.15, 0.2) is 0 Å². The molecule has 2 aliphatic heterocycles. The van der Waals surface area contributed by atoms with Crippen molar-refractivity contribution in [1.82, 2.24) is 4.90 Å². The van der Waals surface area contributed by atoms with Crippen LogP contribution in [0.2, 0.25) is 0 Å². The molecule has 6 heteroatoms. The molecule has 0 spiro atoms. The van der Waals surface area contributed by atoms with Crippen LogP contribution in [0.5, 0.6) is 5.75 Å². The lowest BCUT2D eigenvalue weighted by Gasteiger charge is -2.30. The van der Waals surface area contributed by atoms with Crippen molar-refractivity contribution >= 4 is 21.8 Å². The summed E-state index contributed by atoms with van der Waals surface area (Å²) in [4.78, 5) is 15.3. The molecule has 36 heavy (non-hydrogen) atoms. The summed E-state index contributed by atoms with van der Waals surface area (Å²) in [5.41, 5.74) is 2.48. The number of piperidine rings is 1. The van der Waals surface area contributed by atoms with Crippen LogP contribution in [0, 0.1) is 31.6 Å². The molecule has 3 rings (SSSR count). The maximum atomic E-state index is 13.2. The first-order valence-electron chi connectivity index (χ1n) is 12.4. The van der Waals surface area contributed by atoms with E-state index in [4.69, 9.17) is 4.74 Å². The van der Waals surface area contributed by atoms with Crippen molar-refractivity contribution in [3.8, 4) is 31.4 Å². The lowest BCUT2D eigenvalue weighted by Crippen LogP contribution is -2.81. The van der Waals surface area contributed by atoms with Gasteiger partial charge in [-0.1, -0.05) is 52.9 Å². The first kappa shape index (κ1) is 33.2. The van der Waals surface area contributed by atoms with Crippen molar-refractivity contribution < 1.29 is 20.2 Å². The van der Waals surface area contributed by atoms with Crippen LogP contribution in [0.25, 0.3) is 0 Å².